The first-order chi connectivity index (χ1) is 7.13. The monoisotopic (exact) mass is 199 g/mol. The lowest BCUT2D eigenvalue weighted by Gasteiger charge is -2.06. The van der Waals surface area contributed by atoms with Crippen LogP contribution in [-0.4, -0.2) is 0 Å². The molecule has 0 aliphatic heterocycles. The molecule has 0 fully saturated rings. The fraction of sp³-hybridized carbons (Fsp3) is 0.357. The summed E-state index contributed by atoms with van der Waals surface area (Å²) in [6, 6.07) is 10.5. The number of benzene rings is 1. The number of hydrogen-bond acceptors (Lipinski definition) is 1. The van der Waals surface area contributed by atoms with Gasteiger partial charge in [0.15, 0.2) is 0 Å². The zero-order valence-corrected chi connectivity index (χ0v) is 9.62. The maximum absolute atomic E-state index is 8.55. The average Bonchev–Trinajstić information content (AvgIpc) is 2.18. The van der Waals surface area contributed by atoms with E-state index in [2.05, 4.69) is 44.2 Å². The maximum Gasteiger partial charge on any atom is 0.0915 e. The summed E-state index contributed by atoms with van der Waals surface area (Å²) in [5, 5.41) is 8.55. The molecule has 0 saturated heterocycles. The highest BCUT2D eigenvalue weighted by atomic mass is 14.2. The second kappa shape index (κ2) is 5.36. The largest absolute Gasteiger partial charge is 0.193 e. The first-order valence-electron chi connectivity index (χ1n) is 5.29. The molecule has 1 aromatic rings. The van der Waals surface area contributed by atoms with Crippen LogP contribution in [0.15, 0.2) is 30.3 Å². The Morgan fingerprint density at radius 2 is 1.93 bits per heavy atom. The van der Waals surface area contributed by atoms with Crippen LogP contribution in [0.2, 0.25) is 0 Å². The lowest BCUT2D eigenvalue weighted by Crippen LogP contribution is -1.93. The molecule has 1 nitrogen and oxygen atoms in total. The van der Waals surface area contributed by atoms with Gasteiger partial charge < -0.3 is 0 Å². The summed E-state index contributed by atoms with van der Waals surface area (Å²) < 4.78 is 0. The van der Waals surface area contributed by atoms with E-state index in [0.717, 1.165) is 17.6 Å². The van der Waals surface area contributed by atoms with Crippen molar-refractivity contribution in [3.05, 3.63) is 41.5 Å². The molecule has 1 rings (SSSR count). The Hall–Kier alpha value is -1.55. The van der Waals surface area contributed by atoms with Crippen molar-refractivity contribution >= 4 is 5.57 Å². The van der Waals surface area contributed by atoms with Gasteiger partial charge in [-0.15, -0.1) is 0 Å². The highest BCUT2D eigenvalue weighted by molar-refractivity contribution is 5.65. The number of hydrogen-bond donors (Lipinski definition) is 0. The van der Waals surface area contributed by atoms with Gasteiger partial charge in [0.1, 0.15) is 0 Å². The minimum atomic E-state index is 0.687. The zero-order valence-electron chi connectivity index (χ0n) is 9.62. The molecule has 0 amide bonds. The first kappa shape index (κ1) is 11.5. The van der Waals surface area contributed by atoms with E-state index in [-0.39, 0.29) is 0 Å². The van der Waals surface area contributed by atoms with E-state index in [1.54, 1.807) is 6.08 Å². The minimum absolute atomic E-state index is 0.687. The first-order valence-corrected chi connectivity index (χ1v) is 5.29. The summed E-state index contributed by atoms with van der Waals surface area (Å²) in [5.74, 6) is 0.687. The second-order valence-corrected chi connectivity index (χ2v) is 4.25. The summed E-state index contributed by atoms with van der Waals surface area (Å²) in [6.45, 7) is 6.39. The number of rotatable bonds is 3. The molecule has 0 spiro atoms. The smallest absolute Gasteiger partial charge is 0.0915 e. The summed E-state index contributed by atoms with van der Waals surface area (Å²) in [5.41, 5.74) is 3.51. The van der Waals surface area contributed by atoms with Crippen molar-refractivity contribution in [3.8, 4) is 6.07 Å². The van der Waals surface area contributed by atoms with Crippen LogP contribution >= 0.6 is 0 Å². The fourth-order valence-corrected chi connectivity index (χ4v) is 1.56. The molecule has 78 valence electrons. The number of nitrogens with zero attached hydrogens (tertiary/aromatic N) is 1. The molecule has 0 saturated carbocycles. The normalized spacial score (nSPS) is 11.5. The van der Waals surface area contributed by atoms with Crippen molar-refractivity contribution in [2.75, 3.05) is 0 Å². The van der Waals surface area contributed by atoms with E-state index >= 15 is 0 Å². The molecule has 0 aliphatic rings. The van der Waals surface area contributed by atoms with Gasteiger partial charge in [0.2, 0.25) is 0 Å². The van der Waals surface area contributed by atoms with Crippen LogP contribution in [0.3, 0.4) is 0 Å². The van der Waals surface area contributed by atoms with Gasteiger partial charge in [-0.05, 0) is 36.0 Å². The molecule has 0 unspecified atom stereocenters. The molecule has 0 aromatic heterocycles. The number of nitriles is 1. The van der Waals surface area contributed by atoms with Crippen LogP contribution < -0.4 is 0 Å². The zero-order chi connectivity index (χ0) is 11.3. The summed E-state index contributed by atoms with van der Waals surface area (Å²) in [7, 11) is 0. The summed E-state index contributed by atoms with van der Waals surface area (Å²) >= 11 is 0. The van der Waals surface area contributed by atoms with Gasteiger partial charge in [-0.1, -0.05) is 38.1 Å². The van der Waals surface area contributed by atoms with Crippen molar-refractivity contribution in [1.29, 1.82) is 5.26 Å². The van der Waals surface area contributed by atoms with Crippen LogP contribution in [0.25, 0.3) is 5.57 Å². The lowest BCUT2D eigenvalue weighted by molar-refractivity contribution is 0.647. The van der Waals surface area contributed by atoms with Crippen molar-refractivity contribution in [3.63, 3.8) is 0 Å². The third-order valence-corrected chi connectivity index (χ3v) is 2.33. The Morgan fingerprint density at radius 1 is 1.33 bits per heavy atom. The van der Waals surface area contributed by atoms with Crippen LogP contribution in [0.1, 0.15) is 31.9 Å². The van der Waals surface area contributed by atoms with E-state index in [1.807, 2.05) is 6.92 Å². The molecule has 0 N–H and O–H groups in total. The number of allylic oxidation sites excluding steroid dienone is 2. The Labute approximate surface area is 92.1 Å². The van der Waals surface area contributed by atoms with E-state index in [1.165, 1.54) is 5.56 Å². The quantitative estimate of drug-likeness (QED) is 0.679. The predicted octanol–water partition coefficient (Wildman–Crippen LogP) is 3.81. The average molecular weight is 199 g/mol. The standard InChI is InChI=1S/C14H17N/c1-11(2)10-13-4-6-14(7-5-13)12(3)8-9-15/h4-8,11H,10H2,1-3H3/b12-8+. The summed E-state index contributed by atoms with van der Waals surface area (Å²) in [4.78, 5) is 0. The molecule has 0 atom stereocenters. The molecular formula is C14H17N. The van der Waals surface area contributed by atoms with Gasteiger partial charge in [0, 0.05) is 6.08 Å². The topological polar surface area (TPSA) is 23.8 Å². The molecule has 0 heterocycles. The van der Waals surface area contributed by atoms with E-state index < -0.39 is 0 Å². The van der Waals surface area contributed by atoms with Gasteiger partial charge in [-0.3, -0.25) is 0 Å². The Balaban J connectivity index is 2.82. The lowest BCUT2D eigenvalue weighted by atomic mass is 10.00. The highest BCUT2D eigenvalue weighted by Crippen LogP contribution is 2.15. The Morgan fingerprint density at radius 3 is 2.40 bits per heavy atom. The summed E-state index contributed by atoms with van der Waals surface area (Å²) in [6.07, 6.45) is 2.69. The van der Waals surface area contributed by atoms with Crippen LogP contribution in [0, 0.1) is 17.2 Å². The van der Waals surface area contributed by atoms with Gasteiger partial charge >= 0.3 is 0 Å². The Bertz CT molecular complexity index is 377. The van der Waals surface area contributed by atoms with Crippen LogP contribution in [-0.2, 0) is 6.42 Å². The molecule has 0 radical (unpaired) electrons. The third-order valence-electron chi connectivity index (χ3n) is 2.33. The SMILES string of the molecule is C/C(=C\C#N)c1ccc(CC(C)C)cc1. The van der Waals surface area contributed by atoms with Gasteiger partial charge in [-0.2, -0.15) is 5.26 Å². The molecule has 15 heavy (non-hydrogen) atoms. The third kappa shape index (κ3) is 3.59. The van der Waals surface area contributed by atoms with E-state index in [4.69, 9.17) is 5.26 Å². The van der Waals surface area contributed by atoms with Gasteiger partial charge in [0.25, 0.3) is 0 Å². The molecule has 0 aliphatic carbocycles. The van der Waals surface area contributed by atoms with Crippen molar-refractivity contribution in [2.24, 2.45) is 5.92 Å². The minimum Gasteiger partial charge on any atom is -0.193 e. The van der Waals surface area contributed by atoms with Gasteiger partial charge in [0.05, 0.1) is 6.07 Å². The van der Waals surface area contributed by atoms with E-state index in [9.17, 15) is 0 Å². The van der Waals surface area contributed by atoms with Crippen LogP contribution in [0.5, 0.6) is 0 Å². The molecule has 1 aromatic carbocycles. The highest BCUT2D eigenvalue weighted by Gasteiger charge is 1.99. The fourth-order valence-electron chi connectivity index (χ4n) is 1.56. The van der Waals surface area contributed by atoms with E-state index in [0.29, 0.717) is 5.92 Å². The van der Waals surface area contributed by atoms with Crippen molar-refractivity contribution in [2.45, 2.75) is 27.2 Å². The van der Waals surface area contributed by atoms with Crippen molar-refractivity contribution in [1.82, 2.24) is 0 Å². The Kier molecular flexibility index (Phi) is 4.12. The van der Waals surface area contributed by atoms with Crippen molar-refractivity contribution < 1.29 is 0 Å². The molecular weight excluding hydrogens is 182 g/mol. The molecule has 1 heteroatoms. The second-order valence-electron chi connectivity index (χ2n) is 4.25. The maximum atomic E-state index is 8.55. The van der Waals surface area contributed by atoms with Crippen LogP contribution in [0.4, 0.5) is 0 Å². The predicted molar refractivity (Wildman–Crippen MR) is 64.2 cm³/mol. The molecule has 0 bridgehead atoms. The van der Waals surface area contributed by atoms with Gasteiger partial charge in [-0.25, -0.2) is 0 Å².